The van der Waals surface area contributed by atoms with Crippen LogP contribution in [0.25, 0.3) is 0 Å². The second kappa shape index (κ2) is 8.32. The Balaban J connectivity index is 1.21. The van der Waals surface area contributed by atoms with Crippen LogP contribution in [0.2, 0.25) is 0 Å². The number of carbonyl (C=O) groups excluding carboxylic acids is 2. The molecule has 2 unspecified atom stereocenters. The summed E-state index contributed by atoms with van der Waals surface area (Å²) in [6, 6.07) is -1.90. The molecule has 3 amide bonds. The Morgan fingerprint density at radius 3 is 2.79 bits per heavy atom. The molecule has 0 aromatic carbocycles. The van der Waals surface area contributed by atoms with Crippen LogP contribution in [0.1, 0.15) is 25.7 Å². The zero-order valence-electron chi connectivity index (χ0n) is 16.0. The smallest absolute Gasteiger partial charge is 0.311 e. The lowest BCUT2D eigenvalue weighted by atomic mass is 10.0. The zero-order valence-corrected chi connectivity index (χ0v) is 16.8. The van der Waals surface area contributed by atoms with Crippen LogP contribution in [0.15, 0.2) is 0 Å². The van der Waals surface area contributed by atoms with Gasteiger partial charge in [0.15, 0.2) is 0 Å². The Kier molecular flexibility index (Phi) is 5.95. The van der Waals surface area contributed by atoms with Gasteiger partial charge in [0.25, 0.3) is 5.91 Å². The van der Waals surface area contributed by atoms with E-state index in [0.717, 1.165) is 19.5 Å². The number of hydroxylamine groups is 3. The zero-order chi connectivity index (χ0) is 20.6. The Labute approximate surface area is 169 Å². The molecule has 4 aliphatic rings. The molecule has 4 rings (SSSR count). The number of urea groups is 1. The van der Waals surface area contributed by atoms with Crippen molar-refractivity contribution in [3.05, 3.63) is 0 Å². The van der Waals surface area contributed by atoms with E-state index in [0.29, 0.717) is 30.4 Å². The van der Waals surface area contributed by atoms with E-state index in [1.807, 2.05) is 0 Å². The number of nitrogens with one attached hydrogen (secondary N) is 2. The fourth-order valence-electron chi connectivity index (χ4n) is 4.48. The maximum atomic E-state index is 12.5. The van der Waals surface area contributed by atoms with Crippen molar-refractivity contribution >= 4 is 22.3 Å². The highest BCUT2D eigenvalue weighted by Gasteiger charge is 2.49. The molecule has 13 heteroatoms. The molecule has 4 fully saturated rings. The lowest BCUT2D eigenvalue weighted by molar-refractivity contribution is -0.139. The van der Waals surface area contributed by atoms with Crippen LogP contribution in [0.4, 0.5) is 4.79 Å². The SMILES string of the molecule is O=C(NOC[C@@H]1C[C@H](CN2CCC2)CN1)C1CCC2CN1C(=O)N2OS(=O)(=O)O. The van der Waals surface area contributed by atoms with Crippen LogP contribution in [0.3, 0.4) is 0 Å². The average Bonchev–Trinajstić information content (AvgIpc) is 3.16. The first kappa shape index (κ1) is 20.8. The number of rotatable bonds is 8. The molecule has 4 atom stereocenters. The normalized spacial score (nSPS) is 32.5. The van der Waals surface area contributed by atoms with Gasteiger partial charge >= 0.3 is 16.4 Å². The second-order valence-electron chi connectivity index (χ2n) is 8.15. The fourth-order valence-corrected chi connectivity index (χ4v) is 4.87. The lowest BCUT2D eigenvalue weighted by Gasteiger charge is -2.32. The lowest BCUT2D eigenvalue weighted by Crippen LogP contribution is -2.50. The molecule has 164 valence electrons. The van der Waals surface area contributed by atoms with Gasteiger partial charge in [-0.25, -0.2) is 10.3 Å². The van der Waals surface area contributed by atoms with E-state index >= 15 is 0 Å². The van der Waals surface area contributed by atoms with E-state index in [-0.39, 0.29) is 12.6 Å². The van der Waals surface area contributed by atoms with E-state index in [2.05, 4.69) is 20.0 Å². The van der Waals surface area contributed by atoms with Gasteiger partial charge in [-0.3, -0.25) is 14.2 Å². The molecular weight excluding hydrogens is 406 g/mol. The van der Waals surface area contributed by atoms with Gasteiger partial charge in [-0.1, -0.05) is 0 Å². The van der Waals surface area contributed by atoms with Crippen molar-refractivity contribution in [3.8, 4) is 0 Å². The first-order valence-electron chi connectivity index (χ1n) is 9.94. The molecule has 29 heavy (non-hydrogen) atoms. The summed E-state index contributed by atoms with van der Waals surface area (Å²) in [6.45, 7) is 4.88. The number of likely N-dealkylation sites (tertiary alicyclic amines) is 1. The van der Waals surface area contributed by atoms with Gasteiger partial charge in [0.1, 0.15) is 6.04 Å². The number of hydrogen-bond acceptors (Lipinski definition) is 8. The summed E-state index contributed by atoms with van der Waals surface area (Å²) in [7, 11) is -4.81. The van der Waals surface area contributed by atoms with Gasteiger partial charge in [-0.15, -0.1) is 4.28 Å². The predicted molar refractivity (Wildman–Crippen MR) is 98.4 cm³/mol. The monoisotopic (exact) mass is 433 g/mol. The largest absolute Gasteiger partial charge is 0.418 e. The molecule has 0 aromatic rings. The van der Waals surface area contributed by atoms with Crippen molar-refractivity contribution in [2.24, 2.45) is 5.92 Å². The minimum Gasteiger partial charge on any atom is -0.311 e. The first-order chi connectivity index (χ1) is 13.8. The van der Waals surface area contributed by atoms with E-state index in [1.165, 1.54) is 24.4 Å². The summed E-state index contributed by atoms with van der Waals surface area (Å²) in [5.74, 6) is 0.131. The molecule has 4 heterocycles. The topological polar surface area (TPSA) is 141 Å². The predicted octanol–water partition coefficient (Wildman–Crippen LogP) is -1.28. The highest BCUT2D eigenvalue weighted by Crippen LogP contribution is 2.30. The third-order valence-corrected chi connectivity index (χ3v) is 6.38. The van der Waals surface area contributed by atoms with Crippen LogP contribution < -0.4 is 10.8 Å². The van der Waals surface area contributed by atoms with Crippen molar-refractivity contribution < 1.29 is 31.7 Å². The van der Waals surface area contributed by atoms with Crippen LogP contribution in [-0.2, 0) is 24.3 Å². The van der Waals surface area contributed by atoms with Crippen molar-refractivity contribution in [3.63, 3.8) is 0 Å². The third kappa shape index (κ3) is 4.81. The third-order valence-electron chi connectivity index (χ3n) is 6.04. The highest BCUT2D eigenvalue weighted by atomic mass is 32.3. The summed E-state index contributed by atoms with van der Waals surface area (Å²) in [5.41, 5.74) is 2.41. The molecule has 2 bridgehead atoms. The Morgan fingerprint density at radius 1 is 1.31 bits per heavy atom. The fraction of sp³-hybridized carbons (Fsp3) is 0.875. The highest BCUT2D eigenvalue weighted by molar-refractivity contribution is 7.80. The number of amides is 3. The quantitative estimate of drug-likeness (QED) is 0.315. The maximum Gasteiger partial charge on any atom is 0.418 e. The first-order valence-corrected chi connectivity index (χ1v) is 11.3. The molecule has 12 nitrogen and oxygen atoms in total. The Morgan fingerprint density at radius 2 is 2.10 bits per heavy atom. The van der Waals surface area contributed by atoms with E-state index in [9.17, 15) is 18.0 Å². The van der Waals surface area contributed by atoms with Gasteiger partial charge in [0.05, 0.1) is 12.6 Å². The summed E-state index contributed by atoms with van der Waals surface area (Å²) < 4.78 is 35.0. The molecule has 0 spiro atoms. The van der Waals surface area contributed by atoms with Gasteiger partial charge in [0.2, 0.25) is 0 Å². The van der Waals surface area contributed by atoms with Crippen molar-refractivity contribution in [1.82, 2.24) is 25.7 Å². The van der Waals surface area contributed by atoms with Crippen LogP contribution >= 0.6 is 0 Å². The number of hydrogen-bond donors (Lipinski definition) is 3. The van der Waals surface area contributed by atoms with Crippen LogP contribution in [0, 0.1) is 5.92 Å². The van der Waals surface area contributed by atoms with Crippen molar-refractivity contribution in [2.45, 2.75) is 43.8 Å². The van der Waals surface area contributed by atoms with Crippen molar-refractivity contribution in [1.29, 1.82) is 0 Å². The van der Waals surface area contributed by atoms with Gasteiger partial charge in [-0.05, 0) is 51.2 Å². The summed E-state index contributed by atoms with van der Waals surface area (Å²) in [5, 5.41) is 4.02. The Bertz CT molecular complexity index is 746. The standard InChI is InChI=1S/C16H27N5O7S/c22-15(18-27-10-12-6-11(7-17-12)8-19-4-1-5-19)14-3-2-13-9-20(14)16(23)21(13)28-29(24,25)26/h11-14,17H,1-10H2,(H,18,22)(H,24,25,26)/t11-,12-,13?,14?/m0/s1. The number of piperidine rings is 1. The summed E-state index contributed by atoms with van der Waals surface area (Å²) >= 11 is 0. The number of nitrogens with zero attached hydrogens (tertiary/aromatic N) is 3. The number of carbonyl (C=O) groups is 2. The molecule has 3 N–H and O–H groups in total. The van der Waals surface area contributed by atoms with Gasteiger partial charge in [0, 0.05) is 19.1 Å². The van der Waals surface area contributed by atoms with Crippen molar-refractivity contribution in [2.75, 3.05) is 39.3 Å². The molecule has 0 aliphatic carbocycles. The molecule has 4 saturated heterocycles. The minimum atomic E-state index is -4.81. The molecule has 4 aliphatic heterocycles. The molecule has 0 saturated carbocycles. The Hall–Kier alpha value is -1.51. The van der Waals surface area contributed by atoms with Gasteiger partial charge < -0.3 is 15.1 Å². The van der Waals surface area contributed by atoms with Gasteiger partial charge in [-0.2, -0.15) is 13.5 Å². The van der Waals surface area contributed by atoms with Crippen LogP contribution in [-0.4, -0.2) is 97.2 Å². The maximum absolute atomic E-state index is 12.5. The summed E-state index contributed by atoms with van der Waals surface area (Å²) in [4.78, 5) is 33.9. The molecular formula is C16H27N5O7S. The molecule has 0 radical (unpaired) electrons. The average molecular weight is 433 g/mol. The second-order valence-corrected chi connectivity index (χ2v) is 9.15. The molecule has 0 aromatic heterocycles. The number of fused-ring (bicyclic) bond motifs is 2. The van der Waals surface area contributed by atoms with E-state index in [1.54, 1.807) is 0 Å². The summed E-state index contributed by atoms with van der Waals surface area (Å²) in [6.07, 6.45) is 2.98. The van der Waals surface area contributed by atoms with E-state index in [4.69, 9.17) is 9.39 Å². The van der Waals surface area contributed by atoms with Crippen LogP contribution in [0.5, 0.6) is 0 Å². The minimum absolute atomic E-state index is 0.148. The van der Waals surface area contributed by atoms with E-state index < -0.39 is 34.4 Å².